The van der Waals surface area contributed by atoms with Crippen LogP contribution in [0.2, 0.25) is 0 Å². The molecule has 2 N–H and O–H groups in total. The van der Waals surface area contributed by atoms with Crippen LogP contribution < -0.4 is 10.6 Å². The van der Waals surface area contributed by atoms with Crippen molar-refractivity contribution in [1.82, 2.24) is 10.6 Å². The molecule has 0 spiro atoms. The van der Waals surface area contributed by atoms with Gasteiger partial charge in [-0.15, -0.1) is 0 Å². The zero-order chi connectivity index (χ0) is 17.6. The van der Waals surface area contributed by atoms with E-state index in [4.69, 9.17) is 0 Å². The first-order valence-corrected chi connectivity index (χ1v) is 9.18. The molecule has 0 heterocycles. The molecule has 0 bridgehead atoms. The summed E-state index contributed by atoms with van der Waals surface area (Å²) in [5.74, 6) is -0.613. The molecular formula is C17H18N2O4S. The number of amides is 2. The van der Waals surface area contributed by atoms with E-state index in [2.05, 4.69) is 10.6 Å². The van der Waals surface area contributed by atoms with Gasteiger partial charge in [-0.25, -0.2) is 8.42 Å². The lowest BCUT2D eigenvalue weighted by atomic mass is 10.2. The molecule has 0 aliphatic rings. The summed E-state index contributed by atoms with van der Waals surface area (Å²) in [5.41, 5.74) is 0.803. The summed E-state index contributed by atoms with van der Waals surface area (Å²) in [5, 5.41) is 5.33. The van der Waals surface area contributed by atoms with Crippen LogP contribution in [0.25, 0.3) is 0 Å². The van der Waals surface area contributed by atoms with Crippen LogP contribution in [0.4, 0.5) is 0 Å². The van der Waals surface area contributed by atoms with Gasteiger partial charge in [-0.2, -0.15) is 0 Å². The Hall–Kier alpha value is -2.67. The maximum absolute atomic E-state index is 12.0. The minimum Gasteiger partial charge on any atom is -0.350 e. The number of benzene rings is 2. The van der Waals surface area contributed by atoms with Gasteiger partial charge in [0.1, 0.15) is 0 Å². The fraction of sp³-hybridized carbons (Fsp3) is 0.176. The molecule has 0 saturated heterocycles. The lowest BCUT2D eigenvalue weighted by Gasteiger charge is -2.08. The van der Waals surface area contributed by atoms with Crippen molar-refractivity contribution in [1.29, 1.82) is 0 Å². The Morgan fingerprint density at radius 1 is 0.833 bits per heavy atom. The quantitative estimate of drug-likeness (QED) is 0.770. The van der Waals surface area contributed by atoms with Crippen LogP contribution in [-0.2, 0) is 9.84 Å². The average molecular weight is 346 g/mol. The van der Waals surface area contributed by atoms with Crippen molar-refractivity contribution in [3.05, 3.63) is 65.7 Å². The maximum Gasteiger partial charge on any atom is 0.251 e. The summed E-state index contributed by atoms with van der Waals surface area (Å²) in [6.07, 6.45) is 1.09. The fourth-order valence-corrected chi connectivity index (χ4v) is 2.68. The molecule has 0 fully saturated rings. The molecule has 2 rings (SSSR count). The van der Waals surface area contributed by atoms with Gasteiger partial charge in [0.25, 0.3) is 11.8 Å². The van der Waals surface area contributed by atoms with E-state index in [1.165, 1.54) is 24.3 Å². The number of sulfone groups is 1. The Labute approximate surface area is 140 Å². The average Bonchev–Trinajstić information content (AvgIpc) is 2.58. The molecule has 6 nitrogen and oxygen atoms in total. The number of hydrogen-bond acceptors (Lipinski definition) is 4. The maximum atomic E-state index is 12.0. The molecule has 0 aliphatic carbocycles. The van der Waals surface area contributed by atoms with Gasteiger partial charge in [-0.05, 0) is 30.3 Å². The highest BCUT2D eigenvalue weighted by Gasteiger charge is 2.11. The predicted molar refractivity (Wildman–Crippen MR) is 90.7 cm³/mol. The third kappa shape index (κ3) is 4.92. The molecule has 2 aromatic rings. The Morgan fingerprint density at radius 2 is 1.38 bits per heavy atom. The molecule has 2 amide bonds. The van der Waals surface area contributed by atoms with E-state index in [1.54, 1.807) is 24.3 Å². The SMILES string of the molecule is CS(=O)(=O)c1cccc(C(=O)NCCNC(=O)c2ccccc2)c1. The zero-order valence-corrected chi connectivity index (χ0v) is 14.0. The molecule has 0 atom stereocenters. The van der Waals surface area contributed by atoms with Crippen LogP contribution in [0.15, 0.2) is 59.5 Å². The number of carbonyl (C=O) groups excluding carboxylic acids is 2. The van der Waals surface area contributed by atoms with E-state index in [-0.39, 0.29) is 29.5 Å². The lowest BCUT2D eigenvalue weighted by molar-refractivity contribution is 0.0927. The van der Waals surface area contributed by atoms with Crippen molar-refractivity contribution in [2.24, 2.45) is 0 Å². The molecule has 24 heavy (non-hydrogen) atoms. The van der Waals surface area contributed by atoms with Crippen molar-refractivity contribution in [3.63, 3.8) is 0 Å². The summed E-state index contributed by atoms with van der Waals surface area (Å²) in [6, 6.07) is 14.6. The van der Waals surface area contributed by atoms with E-state index >= 15 is 0 Å². The zero-order valence-electron chi connectivity index (χ0n) is 13.2. The predicted octanol–water partition coefficient (Wildman–Crippen LogP) is 1.25. The Morgan fingerprint density at radius 3 is 1.96 bits per heavy atom. The highest BCUT2D eigenvalue weighted by atomic mass is 32.2. The molecule has 7 heteroatoms. The van der Waals surface area contributed by atoms with Crippen LogP contribution in [0.1, 0.15) is 20.7 Å². The van der Waals surface area contributed by atoms with Crippen molar-refractivity contribution >= 4 is 21.7 Å². The summed E-state index contributed by atoms with van der Waals surface area (Å²) in [4.78, 5) is 23.9. The molecule has 0 unspecified atom stereocenters. The third-order valence-corrected chi connectivity index (χ3v) is 4.37. The van der Waals surface area contributed by atoms with Gasteiger partial charge < -0.3 is 10.6 Å². The van der Waals surface area contributed by atoms with E-state index in [9.17, 15) is 18.0 Å². The highest BCUT2D eigenvalue weighted by Crippen LogP contribution is 2.11. The van der Waals surface area contributed by atoms with Gasteiger partial charge in [0.05, 0.1) is 4.90 Å². The number of hydrogen-bond donors (Lipinski definition) is 2. The van der Waals surface area contributed by atoms with E-state index in [0.717, 1.165) is 6.26 Å². The van der Waals surface area contributed by atoms with Crippen molar-refractivity contribution < 1.29 is 18.0 Å². The van der Waals surface area contributed by atoms with Crippen LogP contribution in [0.5, 0.6) is 0 Å². The Bertz CT molecular complexity index is 833. The minimum absolute atomic E-state index is 0.0903. The summed E-state index contributed by atoms with van der Waals surface area (Å²) < 4.78 is 23.0. The third-order valence-electron chi connectivity index (χ3n) is 3.26. The van der Waals surface area contributed by atoms with Crippen LogP contribution in [0, 0.1) is 0 Å². The second-order valence-corrected chi connectivity index (χ2v) is 7.19. The van der Waals surface area contributed by atoms with Gasteiger partial charge in [0, 0.05) is 30.5 Å². The summed E-state index contributed by atoms with van der Waals surface area (Å²) in [6.45, 7) is 0.506. The van der Waals surface area contributed by atoms with Gasteiger partial charge in [0.15, 0.2) is 9.84 Å². The molecule has 126 valence electrons. The monoisotopic (exact) mass is 346 g/mol. The molecule has 2 aromatic carbocycles. The van der Waals surface area contributed by atoms with Gasteiger partial charge in [-0.1, -0.05) is 24.3 Å². The molecule has 0 radical (unpaired) electrons. The first-order valence-electron chi connectivity index (χ1n) is 7.29. The lowest BCUT2D eigenvalue weighted by Crippen LogP contribution is -2.34. The molecule has 0 saturated carbocycles. The van der Waals surface area contributed by atoms with Crippen molar-refractivity contribution in [2.75, 3.05) is 19.3 Å². The highest BCUT2D eigenvalue weighted by molar-refractivity contribution is 7.90. The van der Waals surface area contributed by atoms with Crippen LogP contribution in [0.3, 0.4) is 0 Å². The second-order valence-electron chi connectivity index (χ2n) is 5.18. The first-order chi connectivity index (χ1) is 11.4. The normalized spacial score (nSPS) is 10.9. The second kappa shape index (κ2) is 7.74. The number of nitrogens with one attached hydrogen (secondary N) is 2. The van der Waals surface area contributed by atoms with E-state index in [1.807, 2.05) is 6.07 Å². The van der Waals surface area contributed by atoms with Crippen LogP contribution >= 0.6 is 0 Å². The topological polar surface area (TPSA) is 92.3 Å². The standard InChI is InChI=1S/C17H18N2O4S/c1-24(22,23)15-9-5-8-14(12-15)17(21)19-11-10-18-16(20)13-6-3-2-4-7-13/h2-9,12H,10-11H2,1H3,(H,18,20)(H,19,21). The minimum atomic E-state index is -3.36. The smallest absolute Gasteiger partial charge is 0.251 e. The van der Waals surface area contributed by atoms with E-state index in [0.29, 0.717) is 5.56 Å². The molecular weight excluding hydrogens is 328 g/mol. The molecule has 0 aromatic heterocycles. The Balaban J connectivity index is 1.85. The first kappa shape index (κ1) is 17.7. The summed E-state index contributed by atoms with van der Waals surface area (Å²) >= 11 is 0. The van der Waals surface area contributed by atoms with Crippen molar-refractivity contribution in [2.45, 2.75) is 4.90 Å². The number of rotatable bonds is 6. The van der Waals surface area contributed by atoms with Crippen LogP contribution in [-0.4, -0.2) is 39.6 Å². The fourth-order valence-electron chi connectivity index (χ4n) is 2.01. The van der Waals surface area contributed by atoms with Gasteiger partial charge in [-0.3, -0.25) is 9.59 Å². The van der Waals surface area contributed by atoms with E-state index < -0.39 is 15.7 Å². The Kier molecular flexibility index (Phi) is 5.70. The van der Waals surface area contributed by atoms with Crippen molar-refractivity contribution in [3.8, 4) is 0 Å². The van der Waals surface area contributed by atoms with Gasteiger partial charge in [0.2, 0.25) is 0 Å². The number of carbonyl (C=O) groups is 2. The summed E-state index contributed by atoms with van der Waals surface area (Å²) in [7, 11) is -3.36. The molecule has 0 aliphatic heterocycles. The van der Waals surface area contributed by atoms with Gasteiger partial charge >= 0.3 is 0 Å². The largest absolute Gasteiger partial charge is 0.350 e.